The molecule has 2 aromatic heterocycles. The number of para-hydroxylation sites is 1. The number of benzene rings is 1. The van der Waals surface area contributed by atoms with Crippen molar-refractivity contribution in [2.24, 2.45) is 0 Å². The van der Waals surface area contributed by atoms with Crippen LogP contribution in [-0.4, -0.2) is 25.0 Å². The Morgan fingerprint density at radius 2 is 2.05 bits per heavy atom. The van der Waals surface area contributed by atoms with Crippen LogP contribution in [0.3, 0.4) is 0 Å². The van der Waals surface area contributed by atoms with Gasteiger partial charge in [-0.3, -0.25) is 4.79 Å². The molecular weight excluding hydrogens is 284 g/mol. The maximum absolute atomic E-state index is 12.1. The summed E-state index contributed by atoms with van der Waals surface area (Å²) in [5.74, 6) is 0. The van der Waals surface area contributed by atoms with Crippen molar-refractivity contribution in [3.63, 3.8) is 0 Å². The number of nitrogens with zero attached hydrogens (tertiary/aromatic N) is 3. The second kappa shape index (κ2) is 5.37. The Balaban J connectivity index is 2.23. The zero-order valence-electron chi connectivity index (χ0n) is 12.1. The van der Waals surface area contributed by atoms with Crippen molar-refractivity contribution in [1.29, 1.82) is 0 Å². The molecule has 0 fully saturated rings. The van der Waals surface area contributed by atoms with Gasteiger partial charge in [-0.2, -0.15) is 5.10 Å². The van der Waals surface area contributed by atoms with E-state index >= 15 is 0 Å². The summed E-state index contributed by atoms with van der Waals surface area (Å²) in [7, 11) is 0. The molecule has 0 bridgehead atoms. The van der Waals surface area contributed by atoms with Gasteiger partial charge in [-0.15, -0.1) is 0 Å². The molecule has 1 N–H and O–H groups in total. The van der Waals surface area contributed by atoms with Gasteiger partial charge in [0.2, 0.25) is 0 Å². The first-order valence-electron chi connectivity index (χ1n) is 6.77. The fraction of sp³-hybridized carbons (Fsp3) is 0.267. The summed E-state index contributed by atoms with van der Waals surface area (Å²) in [5.41, 5.74) is 2.47. The van der Waals surface area contributed by atoms with Crippen LogP contribution < -0.4 is 5.56 Å². The van der Waals surface area contributed by atoms with Gasteiger partial charge in [-0.1, -0.05) is 43.8 Å². The first-order chi connectivity index (χ1) is 10.1. The SMILES string of the molecule is Cc1ccccc1-n1ncc2c(=O)[nH]c(SC(C)C)nc21. The molecule has 108 valence electrons. The van der Waals surface area contributed by atoms with Crippen LogP contribution in [0.4, 0.5) is 0 Å². The van der Waals surface area contributed by atoms with Gasteiger partial charge in [0.25, 0.3) is 5.56 Å². The monoisotopic (exact) mass is 300 g/mol. The van der Waals surface area contributed by atoms with E-state index in [1.807, 2.05) is 31.2 Å². The van der Waals surface area contributed by atoms with Crippen molar-refractivity contribution in [1.82, 2.24) is 19.7 Å². The van der Waals surface area contributed by atoms with E-state index in [9.17, 15) is 4.79 Å². The van der Waals surface area contributed by atoms with Crippen molar-refractivity contribution in [2.75, 3.05) is 0 Å². The zero-order valence-corrected chi connectivity index (χ0v) is 12.9. The molecule has 3 rings (SSSR count). The Morgan fingerprint density at radius 1 is 1.29 bits per heavy atom. The van der Waals surface area contributed by atoms with Gasteiger partial charge in [0.05, 0.1) is 11.9 Å². The van der Waals surface area contributed by atoms with Gasteiger partial charge < -0.3 is 4.98 Å². The van der Waals surface area contributed by atoms with Crippen molar-refractivity contribution >= 4 is 22.8 Å². The number of aromatic nitrogens is 4. The third kappa shape index (κ3) is 2.58. The molecule has 0 unspecified atom stereocenters. The summed E-state index contributed by atoms with van der Waals surface area (Å²) >= 11 is 1.53. The number of hydrogen-bond donors (Lipinski definition) is 1. The summed E-state index contributed by atoms with van der Waals surface area (Å²) in [5, 5.41) is 5.81. The minimum Gasteiger partial charge on any atom is -0.301 e. The van der Waals surface area contributed by atoms with E-state index in [1.54, 1.807) is 10.9 Å². The highest BCUT2D eigenvalue weighted by molar-refractivity contribution is 7.99. The molecule has 3 aromatic rings. The molecule has 0 saturated carbocycles. The summed E-state index contributed by atoms with van der Waals surface area (Å²) in [6.07, 6.45) is 1.57. The van der Waals surface area contributed by atoms with Crippen molar-refractivity contribution in [3.05, 3.63) is 46.4 Å². The van der Waals surface area contributed by atoms with E-state index in [4.69, 9.17) is 0 Å². The van der Waals surface area contributed by atoms with Crippen molar-refractivity contribution < 1.29 is 0 Å². The number of hydrogen-bond acceptors (Lipinski definition) is 4. The molecule has 0 radical (unpaired) electrons. The predicted octanol–water partition coefficient (Wildman–Crippen LogP) is 2.92. The lowest BCUT2D eigenvalue weighted by molar-refractivity contribution is 0.865. The maximum Gasteiger partial charge on any atom is 0.262 e. The first-order valence-corrected chi connectivity index (χ1v) is 7.65. The molecule has 0 aliphatic carbocycles. The highest BCUT2D eigenvalue weighted by Crippen LogP contribution is 2.21. The van der Waals surface area contributed by atoms with Gasteiger partial charge in [0, 0.05) is 5.25 Å². The molecule has 5 nitrogen and oxygen atoms in total. The van der Waals surface area contributed by atoms with Crippen LogP contribution >= 0.6 is 11.8 Å². The van der Waals surface area contributed by atoms with E-state index in [-0.39, 0.29) is 5.56 Å². The molecule has 0 aliphatic rings. The summed E-state index contributed by atoms with van der Waals surface area (Å²) in [6.45, 7) is 6.14. The van der Waals surface area contributed by atoms with Crippen LogP contribution in [0.25, 0.3) is 16.7 Å². The van der Waals surface area contributed by atoms with Gasteiger partial charge in [-0.25, -0.2) is 9.67 Å². The van der Waals surface area contributed by atoms with E-state index in [2.05, 4.69) is 28.9 Å². The topological polar surface area (TPSA) is 63.6 Å². The average molecular weight is 300 g/mol. The molecule has 6 heteroatoms. The second-order valence-electron chi connectivity index (χ2n) is 5.12. The third-order valence-electron chi connectivity index (χ3n) is 3.11. The zero-order chi connectivity index (χ0) is 15.0. The Hall–Kier alpha value is -2.08. The van der Waals surface area contributed by atoms with Crippen LogP contribution in [0.5, 0.6) is 0 Å². The lowest BCUT2D eigenvalue weighted by Crippen LogP contribution is -2.10. The molecular formula is C15H16N4OS. The number of rotatable bonds is 3. The molecule has 0 saturated heterocycles. The minimum atomic E-state index is -0.150. The largest absolute Gasteiger partial charge is 0.301 e. The van der Waals surface area contributed by atoms with E-state index in [0.29, 0.717) is 21.4 Å². The van der Waals surface area contributed by atoms with E-state index < -0.39 is 0 Å². The normalized spacial score (nSPS) is 11.4. The predicted molar refractivity (Wildman–Crippen MR) is 85.2 cm³/mol. The Morgan fingerprint density at radius 3 is 2.76 bits per heavy atom. The molecule has 21 heavy (non-hydrogen) atoms. The Labute approximate surface area is 126 Å². The number of H-pyrrole nitrogens is 1. The fourth-order valence-corrected chi connectivity index (χ4v) is 2.89. The minimum absolute atomic E-state index is 0.150. The van der Waals surface area contributed by atoms with Crippen molar-refractivity contribution in [2.45, 2.75) is 31.2 Å². The molecule has 0 atom stereocenters. The molecule has 0 amide bonds. The quantitative estimate of drug-likeness (QED) is 0.596. The van der Waals surface area contributed by atoms with Crippen LogP contribution in [0, 0.1) is 6.92 Å². The second-order valence-corrected chi connectivity index (χ2v) is 6.68. The third-order valence-corrected chi connectivity index (χ3v) is 4.00. The lowest BCUT2D eigenvalue weighted by atomic mass is 10.2. The summed E-state index contributed by atoms with van der Waals surface area (Å²) in [4.78, 5) is 19.5. The van der Waals surface area contributed by atoms with Gasteiger partial charge in [-0.05, 0) is 18.6 Å². The Bertz CT molecular complexity index is 850. The number of nitrogens with one attached hydrogen (secondary N) is 1. The number of fused-ring (bicyclic) bond motifs is 1. The summed E-state index contributed by atoms with van der Waals surface area (Å²) < 4.78 is 1.73. The highest BCUT2D eigenvalue weighted by atomic mass is 32.2. The molecule has 0 aliphatic heterocycles. The molecule has 1 aromatic carbocycles. The van der Waals surface area contributed by atoms with Gasteiger partial charge in [0.15, 0.2) is 10.8 Å². The highest BCUT2D eigenvalue weighted by Gasteiger charge is 2.13. The van der Waals surface area contributed by atoms with E-state index in [0.717, 1.165) is 11.3 Å². The number of thioether (sulfide) groups is 1. The standard InChI is InChI=1S/C15H16N4OS/c1-9(2)21-15-17-13-11(14(20)18-15)8-16-19(13)12-7-5-4-6-10(12)3/h4-9H,1-3H3,(H,17,18,20). The maximum atomic E-state index is 12.1. The number of aromatic amines is 1. The molecule has 0 spiro atoms. The first kappa shape index (κ1) is 13.9. The fourth-order valence-electron chi connectivity index (χ4n) is 2.15. The number of aryl methyl sites for hydroxylation is 1. The average Bonchev–Trinajstić information content (AvgIpc) is 2.83. The van der Waals surface area contributed by atoms with E-state index in [1.165, 1.54) is 11.8 Å². The summed E-state index contributed by atoms with van der Waals surface area (Å²) in [6, 6.07) is 7.91. The van der Waals surface area contributed by atoms with Crippen LogP contribution in [-0.2, 0) is 0 Å². The Kier molecular flexibility index (Phi) is 3.55. The lowest BCUT2D eigenvalue weighted by Gasteiger charge is -2.07. The van der Waals surface area contributed by atoms with Crippen LogP contribution in [0.2, 0.25) is 0 Å². The molecule has 2 heterocycles. The van der Waals surface area contributed by atoms with Crippen molar-refractivity contribution in [3.8, 4) is 5.69 Å². The smallest absolute Gasteiger partial charge is 0.262 e. The van der Waals surface area contributed by atoms with Crippen LogP contribution in [0.1, 0.15) is 19.4 Å². The van der Waals surface area contributed by atoms with Gasteiger partial charge >= 0.3 is 0 Å². The van der Waals surface area contributed by atoms with Crippen LogP contribution in [0.15, 0.2) is 40.4 Å². The van der Waals surface area contributed by atoms with Gasteiger partial charge in [0.1, 0.15) is 5.39 Å².